The van der Waals surface area contributed by atoms with Crippen LogP contribution in [-0.4, -0.2) is 35.9 Å². The molecule has 1 amide bonds. The molecule has 0 saturated carbocycles. The average Bonchev–Trinajstić information content (AvgIpc) is 3.01. The summed E-state index contributed by atoms with van der Waals surface area (Å²) in [5, 5.41) is 8.37. The maximum absolute atomic E-state index is 12.4. The van der Waals surface area contributed by atoms with Crippen molar-refractivity contribution in [1.29, 1.82) is 0 Å². The molecule has 0 atom stereocenters. The number of halogens is 2. The molecule has 30 heavy (non-hydrogen) atoms. The lowest BCUT2D eigenvalue weighted by atomic mass is 10.1. The van der Waals surface area contributed by atoms with E-state index >= 15 is 0 Å². The molecule has 0 saturated heterocycles. The Morgan fingerprint density at radius 2 is 1.83 bits per heavy atom. The van der Waals surface area contributed by atoms with Crippen molar-refractivity contribution in [3.05, 3.63) is 69.5 Å². The molecule has 158 valence electrons. The van der Waals surface area contributed by atoms with Crippen molar-refractivity contribution in [1.82, 2.24) is 15.1 Å². The van der Waals surface area contributed by atoms with E-state index in [-0.39, 0.29) is 12.3 Å². The Labute approximate surface area is 185 Å². The molecule has 1 N–H and O–H groups in total. The molecule has 2 aromatic carbocycles. The van der Waals surface area contributed by atoms with Crippen molar-refractivity contribution in [2.24, 2.45) is 0 Å². The van der Waals surface area contributed by atoms with Crippen molar-refractivity contribution < 1.29 is 14.3 Å². The molecule has 0 unspecified atom stereocenters. The Balaban J connectivity index is 1.59. The van der Waals surface area contributed by atoms with Crippen molar-refractivity contribution in [2.75, 3.05) is 20.3 Å². The van der Waals surface area contributed by atoms with Gasteiger partial charge in [0, 0.05) is 11.3 Å². The molecule has 3 aromatic rings. The second-order valence-electron chi connectivity index (χ2n) is 6.69. The number of nitrogens with zero attached hydrogens (tertiary/aromatic N) is 2. The van der Waals surface area contributed by atoms with Gasteiger partial charge in [0.1, 0.15) is 6.61 Å². The van der Waals surface area contributed by atoms with Gasteiger partial charge in [0.25, 0.3) is 0 Å². The Morgan fingerprint density at radius 1 is 1.10 bits per heavy atom. The second kappa shape index (κ2) is 9.87. The highest BCUT2D eigenvalue weighted by atomic mass is 35.5. The molecule has 8 heteroatoms. The number of carbonyl (C=O) groups is 1. The number of carbonyl (C=O) groups excluding carboxylic acids is 1. The van der Waals surface area contributed by atoms with E-state index in [1.165, 1.54) is 0 Å². The molecule has 1 heterocycles. The number of nitrogens with one attached hydrogen (secondary N) is 1. The quantitative estimate of drug-likeness (QED) is 0.514. The summed E-state index contributed by atoms with van der Waals surface area (Å²) in [5.74, 6) is 1.20. The van der Waals surface area contributed by atoms with Gasteiger partial charge in [-0.2, -0.15) is 5.10 Å². The number of rotatable bonds is 8. The molecule has 0 bridgehead atoms. The van der Waals surface area contributed by atoms with E-state index in [0.717, 1.165) is 22.6 Å². The minimum atomic E-state index is -0.0986. The standard InChI is InChI=1S/C22H23Cl2N3O3/c1-14-17(15(2)27(26-14)16-8-9-18(23)19(24)12-16)13-22(28)25-10-11-30-21-7-5-4-6-20(21)29-3/h4-9,12H,10-11,13H2,1-3H3,(H,25,28). The number of ether oxygens (including phenoxy) is 2. The van der Waals surface area contributed by atoms with Crippen molar-refractivity contribution in [2.45, 2.75) is 20.3 Å². The number of methoxy groups -OCH3 is 1. The first-order valence-electron chi connectivity index (χ1n) is 9.43. The largest absolute Gasteiger partial charge is 0.493 e. The van der Waals surface area contributed by atoms with Crippen LogP contribution in [0.25, 0.3) is 5.69 Å². The van der Waals surface area contributed by atoms with Crippen LogP contribution in [0.1, 0.15) is 17.0 Å². The summed E-state index contributed by atoms with van der Waals surface area (Å²) in [6.07, 6.45) is 0.230. The summed E-state index contributed by atoms with van der Waals surface area (Å²) in [4.78, 5) is 12.4. The zero-order chi connectivity index (χ0) is 21.7. The molecule has 3 rings (SSSR count). The molecule has 0 aliphatic heterocycles. The van der Waals surface area contributed by atoms with E-state index in [9.17, 15) is 4.79 Å². The van der Waals surface area contributed by atoms with E-state index < -0.39 is 0 Å². The Bertz CT molecular complexity index is 1050. The van der Waals surface area contributed by atoms with Crippen molar-refractivity contribution in [3.63, 3.8) is 0 Å². The van der Waals surface area contributed by atoms with Crippen LogP contribution in [0.4, 0.5) is 0 Å². The van der Waals surface area contributed by atoms with Gasteiger partial charge in [0.2, 0.25) is 5.91 Å². The maximum Gasteiger partial charge on any atom is 0.224 e. The number of aromatic nitrogens is 2. The number of benzene rings is 2. The topological polar surface area (TPSA) is 65.4 Å². The van der Waals surface area contributed by atoms with Gasteiger partial charge in [-0.1, -0.05) is 35.3 Å². The third kappa shape index (κ3) is 5.07. The molecular weight excluding hydrogens is 425 g/mol. The lowest BCUT2D eigenvalue weighted by Crippen LogP contribution is -2.29. The third-order valence-electron chi connectivity index (χ3n) is 4.68. The fraction of sp³-hybridized carbons (Fsp3) is 0.273. The molecule has 0 aliphatic rings. The maximum atomic E-state index is 12.4. The fourth-order valence-corrected chi connectivity index (χ4v) is 3.40. The summed E-state index contributed by atoms with van der Waals surface area (Å²) in [5.41, 5.74) is 3.34. The van der Waals surface area contributed by atoms with Gasteiger partial charge < -0.3 is 14.8 Å². The van der Waals surface area contributed by atoms with Crippen LogP contribution in [0.2, 0.25) is 10.0 Å². The molecular formula is C22H23Cl2N3O3. The SMILES string of the molecule is COc1ccccc1OCCNC(=O)Cc1c(C)nn(-c2ccc(Cl)c(Cl)c2)c1C. The smallest absolute Gasteiger partial charge is 0.224 e. The van der Waals surface area contributed by atoms with Crippen LogP contribution >= 0.6 is 23.2 Å². The number of hydrogen-bond acceptors (Lipinski definition) is 4. The Kier molecular flexibility index (Phi) is 7.24. The lowest BCUT2D eigenvalue weighted by Gasteiger charge is -2.11. The second-order valence-corrected chi connectivity index (χ2v) is 7.50. The van der Waals surface area contributed by atoms with E-state index in [4.69, 9.17) is 32.7 Å². The van der Waals surface area contributed by atoms with Crippen LogP contribution in [0.5, 0.6) is 11.5 Å². The summed E-state index contributed by atoms with van der Waals surface area (Å²) < 4.78 is 12.7. The molecule has 0 radical (unpaired) electrons. The molecule has 6 nitrogen and oxygen atoms in total. The van der Waals surface area contributed by atoms with Crippen LogP contribution in [-0.2, 0) is 11.2 Å². The Morgan fingerprint density at radius 3 is 2.53 bits per heavy atom. The summed E-state index contributed by atoms with van der Waals surface area (Å²) >= 11 is 12.1. The Hall–Kier alpha value is -2.70. The predicted molar refractivity (Wildman–Crippen MR) is 118 cm³/mol. The number of hydrogen-bond donors (Lipinski definition) is 1. The summed E-state index contributed by atoms with van der Waals surface area (Å²) in [6.45, 7) is 4.53. The minimum absolute atomic E-state index is 0.0986. The third-order valence-corrected chi connectivity index (χ3v) is 5.42. The molecule has 1 aromatic heterocycles. The lowest BCUT2D eigenvalue weighted by molar-refractivity contribution is -0.120. The number of aryl methyl sites for hydroxylation is 1. The zero-order valence-electron chi connectivity index (χ0n) is 17.0. The normalized spacial score (nSPS) is 10.7. The van der Waals surface area contributed by atoms with Crippen molar-refractivity contribution >= 4 is 29.1 Å². The van der Waals surface area contributed by atoms with Crippen molar-refractivity contribution in [3.8, 4) is 17.2 Å². The summed E-state index contributed by atoms with van der Waals surface area (Å²) in [7, 11) is 1.59. The van der Waals surface area contributed by atoms with Crippen LogP contribution < -0.4 is 14.8 Å². The van der Waals surface area contributed by atoms with Gasteiger partial charge in [0.05, 0.1) is 41.5 Å². The minimum Gasteiger partial charge on any atom is -0.493 e. The van der Waals surface area contributed by atoms with Gasteiger partial charge >= 0.3 is 0 Å². The van der Waals surface area contributed by atoms with E-state index in [1.807, 2.05) is 44.2 Å². The predicted octanol–water partition coefficient (Wildman–Crippen LogP) is 4.54. The van der Waals surface area contributed by atoms with Gasteiger partial charge in [-0.05, 0) is 44.2 Å². The highest BCUT2D eigenvalue weighted by molar-refractivity contribution is 6.42. The zero-order valence-corrected chi connectivity index (χ0v) is 18.5. The van der Waals surface area contributed by atoms with E-state index in [2.05, 4.69) is 10.4 Å². The van der Waals surface area contributed by atoms with Gasteiger partial charge in [-0.15, -0.1) is 0 Å². The van der Waals surface area contributed by atoms with Gasteiger partial charge in [-0.25, -0.2) is 4.68 Å². The van der Waals surface area contributed by atoms with Gasteiger partial charge in [0.15, 0.2) is 11.5 Å². The first-order valence-corrected chi connectivity index (χ1v) is 10.2. The average molecular weight is 448 g/mol. The molecule has 0 fully saturated rings. The molecule has 0 aliphatic carbocycles. The number of amides is 1. The van der Waals surface area contributed by atoms with E-state index in [1.54, 1.807) is 23.9 Å². The summed E-state index contributed by atoms with van der Waals surface area (Å²) in [6, 6.07) is 12.7. The number of para-hydroxylation sites is 2. The first kappa shape index (κ1) is 22.0. The van der Waals surface area contributed by atoms with Crippen LogP contribution in [0, 0.1) is 13.8 Å². The van der Waals surface area contributed by atoms with Gasteiger partial charge in [-0.3, -0.25) is 4.79 Å². The monoisotopic (exact) mass is 447 g/mol. The fourth-order valence-electron chi connectivity index (χ4n) is 3.11. The highest BCUT2D eigenvalue weighted by Crippen LogP contribution is 2.27. The highest BCUT2D eigenvalue weighted by Gasteiger charge is 2.16. The van der Waals surface area contributed by atoms with Crippen LogP contribution in [0.3, 0.4) is 0 Å². The van der Waals surface area contributed by atoms with E-state index in [0.29, 0.717) is 34.7 Å². The van der Waals surface area contributed by atoms with Crippen LogP contribution in [0.15, 0.2) is 42.5 Å². The first-order chi connectivity index (χ1) is 14.4. The molecule has 0 spiro atoms.